The second-order valence-electron chi connectivity index (χ2n) is 6.29. The van der Waals surface area contributed by atoms with E-state index in [0.29, 0.717) is 12.1 Å². The summed E-state index contributed by atoms with van der Waals surface area (Å²) in [5.74, 6) is 0.174. The van der Waals surface area contributed by atoms with E-state index in [2.05, 4.69) is 10.4 Å². The quantitative estimate of drug-likeness (QED) is 0.935. The average molecular weight is 330 g/mol. The summed E-state index contributed by atoms with van der Waals surface area (Å²) in [6.07, 6.45) is 2.62. The van der Waals surface area contributed by atoms with Crippen molar-refractivity contribution >= 4 is 17.2 Å². The summed E-state index contributed by atoms with van der Waals surface area (Å²) in [6, 6.07) is 5.79. The van der Waals surface area contributed by atoms with E-state index in [1.165, 1.54) is 0 Å². The second kappa shape index (κ2) is 6.81. The van der Waals surface area contributed by atoms with Gasteiger partial charge in [0.1, 0.15) is 0 Å². The highest BCUT2D eigenvalue weighted by Crippen LogP contribution is 2.27. The first-order chi connectivity index (χ1) is 11.1. The molecule has 0 aromatic carbocycles. The predicted octanol–water partition coefficient (Wildman–Crippen LogP) is 3.35. The van der Waals surface area contributed by atoms with Crippen molar-refractivity contribution < 1.29 is 9.90 Å². The van der Waals surface area contributed by atoms with Crippen LogP contribution in [0.15, 0.2) is 29.0 Å². The normalized spacial score (nSPS) is 20.7. The minimum absolute atomic E-state index is 0.0223. The van der Waals surface area contributed by atoms with Gasteiger partial charge in [0.2, 0.25) is 0 Å². The molecule has 2 heterocycles. The van der Waals surface area contributed by atoms with Crippen molar-refractivity contribution in [1.82, 2.24) is 9.88 Å². The molecular formula is C18H22N2O2S. The van der Waals surface area contributed by atoms with Crippen LogP contribution in [-0.4, -0.2) is 40.6 Å². The van der Waals surface area contributed by atoms with Crippen molar-refractivity contribution in [2.45, 2.75) is 32.3 Å². The van der Waals surface area contributed by atoms with Crippen LogP contribution in [0, 0.1) is 12.8 Å². The lowest BCUT2D eigenvalue weighted by atomic mass is 10.0. The van der Waals surface area contributed by atoms with Gasteiger partial charge in [0.25, 0.3) is 5.91 Å². The number of amides is 1. The summed E-state index contributed by atoms with van der Waals surface area (Å²) < 4.78 is 0. The maximum atomic E-state index is 12.7. The fourth-order valence-corrected chi connectivity index (χ4v) is 3.88. The molecule has 3 rings (SSSR count). The second-order valence-corrected chi connectivity index (χ2v) is 7.07. The van der Waals surface area contributed by atoms with Gasteiger partial charge in [-0.3, -0.25) is 9.78 Å². The Kier molecular flexibility index (Phi) is 4.78. The van der Waals surface area contributed by atoms with E-state index in [0.717, 1.165) is 36.2 Å². The van der Waals surface area contributed by atoms with Crippen molar-refractivity contribution in [1.29, 1.82) is 0 Å². The Morgan fingerprint density at radius 2 is 2.22 bits per heavy atom. The van der Waals surface area contributed by atoms with E-state index in [1.54, 1.807) is 23.3 Å². The van der Waals surface area contributed by atoms with Crippen molar-refractivity contribution in [2.24, 2.45) is 5.92 Å². The van der Waals surface area contributed by atoms with Crippen LogP contribution in [-0.2, 0) is 0 Å². The van der Waals surface area contributed by atoms with Crippen LogP contribution in [0.4, 0.5) is 0 Å². The fraction of sp³-hybridized carbons (Fsp3) is 0.444. The molecule has 1 amide bonds. The number of hydrogen-bond donors (Lipinski definition) is 1. The van der Waals surface area contributed by atoms with Crippen LogP contribution in [0.2, 0.25) is 0 Å². The molecule has 2 atom stereocenters. The number of aliphatic hydroxyl groups excluding tert-OH is 1. The number of carbonyl (C=O) groups is 1. The zero-order valence-electron chi connectivity index (χ0n) is 13.5. The number of hydrogen-bond acceptors (Lipinski definition) is 4. The molecule has 4 nitrogen and oxygen atoms in total. The predicted molar refractivity (Wildman–Crippen MR) is 92.6 cm³/mol. The molecule has 122 valence electrons. The summed E-state index contributed by atoms with van der Waals surface area (Å²) >= 11 is 1.63. The van der Waals surface area contributed by atoms with E-state index < -0.39 is 0 Å². The van der Waals surface area contributed by atoms with Gasteiger partial charge in [-0.15, -0.1) is 0 Å². The number of thiophene rings is 1. The molecule has 0 spiro atoms. The fourth-order valence-electron chi connectivity index (χ4n) is 3.23. The van der Waals surface area contributed by atoms with E-state index in [1.807, 2.05) is 30.5 Å². The number of aliphatic hydroxyl groups is 1. The van der Waals surface area contributed by atoms with Gasteiger partial charge in [-0.1, -0.05) is 6.42 Å². The molecule has 0 bridgehead atoms. The lowest BCUT2D eigenvalue weighted by Crippen LogP contribution is -2.34. The molecule has 5 heteroatoms. The summed E-state index contributed by atoms with van der Waals surface area (Å²) in [4.78, 5) is 19.0. The molecule has 1 saturated carbocycles. The Bertz CT molecular complexity index is 684. The van der Waals surface area contributed by atoms with Gasteiger partial charge < -0.3 is 10.0 Å². The molecule has 2 unspecified atom stereocenters. The van der Waals surface area contributed by atoms with Crippen LogP contribution in [0.3, 0.4) is 0 Å². The van der Waals surface area contributed by atoms with Crippen LogP contribution in [0.1, 0.15) is 35.3 Å². The van der Waals surface area contributed by atoms with E-state index in [9.17, 15) is 9.90 Å². The highest BCUT2D eigenvalue weighted by molar-refractivity contribution is 7.08. The van der Waals surface area contributed by atoms with Crippen LogP contribution < -0.4 is 0 Å². The number of nitrogens with zero attached hydrogens (tertiary/aromatic N) is 2. The SMILES string of the molecule is Cc1nc(-c2ccsc2)ccc1C(=O)N(C)CC1CCCC1O. The van der Waals surface area contributed by atoms with Gasteiger partial charge in [-0.2, -0.15) is 11.3 Å². The molecule has 1 fully saturated rings. The first-order valence-electron chi connectivity index (χ1n) is 8.00. The molecule has 1 N–H and O–H groups in total. The molecule has 1 aliphatic rings. The zero-order valence-corrected chi connectivity index (χ0v) is 14.3. The van der Waals surface area contributed by atoms with Gasteiger partial charge in [0.05, 0.1) is 23.1 Å². The molecule has 0 radical (unpaired) electrons. The van der Waals surface area contributed by atoms with Gasteiger partial charge >= 0.3 is 0 Å². The molecule has 2 aromatic heterocycles. The van der Waals surface area contributed by atoms with Crippen molar-refractivity contribution in [2.75, 3.05) is 13.6 Å². The van der Waals surface area contributed by atoms with E-state index >= 15 is 0 Å². The molecule has 23 heavy (non-hydrogen) atoms. The third-order valence-electron chi connectivity index (χ3n) is 4.61. The number of aryl methyl sites for hydroxylation is 1. The highest BCUT2D eigenvalue weighted by atomic mass is 32.1. The highest BCUT2D eigenvalue weighted by Gasteiger charge is 2.28. The number of aromatic nitrogens is 1. The first kappa shape index (κ1) is 16.1. The standard InChI is InChI=1S/C18H22N2O2S/c1-12-15(6-7-16(19-12)14-8-9-23-11-14)18(22)20(2)10-13-4-3-5-17(13)21/h6-9,11,13,17,21H,3-5,10H2,1-2H3. The van der Waals surface area contributed by atoms with Gasteiger partial charge in [0.15, 0.2) is 0 Å². The summed E-state index contributed by atoms with van der Waals surface area (Å²) in [5, 5.41) is 14.0. The van der Waals surface area contributed by atoms with E-state index in [-0.39, 0.29) is 17.9 Å². The molecule has 1 aliphatic carbocycles. The van der Waals surface area contributed by atoms with Crippen LogP contribution >= 0.6 is 11.3 Å². The smallest absolute Gasteiger partial charge is 0.255 e. The lowest BCUT2D eigenvalue weighted by Gasteiger charge is -2.24. The minimum atomic E-state index is -0.273. The van der Waals surface area contributed by atoms with Crippen molar-refractivity contribution in [3.05, 3.63) is 40.2 Å². The van der Waals surface area contributed by atoms with Gasteiger partial charge in [-0.25, -0.2) is 0 Å². The van der Waals surface area contributed by atoms with Crippen molar-refractivity contribution in [3.8, 4) is 11.3 Å². The van der Waals surface area contributed by atoms with Gasteiger partial charge in [0, 0.05) is 30.5 Å². The van der Waals surface area contributed by atoms with Crippen LogP contribution in [0.25, 0.3) is 11.3 Å². The minimum Gasteiger partial charge on any atom is -0.393 e. The maximum absolute atomic E-state index is 12.7. The van der Waals surface area contributed by atoms with Crippen LogP contribution in [0.5, 0.6) is 0 Å². The number of rotatable bonds is 4. The molecule has 0 saturated heterocycles. The Hall–Kier alpha value is -1.72. The topological polar surface area (TPSA) is 53.4 Å². The summed E-state index contributed by atoms with van der Waals surface area (Å²) in [6.45, 7) is 2.48. The summed E-state index contributed by atoms with van der Waals surface area (Å²) in [7, 11) is 1.81. The summed E-state index contributed by atoms with van der Waals surface area (Å²) in [5.41, 5.74) is 3.37. The Morgan fingerprint density at radius 1 is 1.39 bits per heavy atom. The third-order valence-corrected chi connectivity index (χ3v) is 5.29. The zero-order chi connectivity index (χ0) is 16.4. The average Bonchev–Trinajstić information content (AvgIpc) is 3.19. The largest absolute Gasteiger partial charge is 0.393 e. The van der Waals surface area contributed by atoms with E-state index in [4.69, 9.17) is 0 Å². The Balaban J connectivity index is 1.74. The number of pyridine rings is 1. The number of carbonyl (C=O) groups excluding carboxylic acids is 1. The third kappa shape index (κ3) is 3.46. The Morgan fingerprint density at radius 3 is 2.83 bits per heavy atom. The van der Waals surface area contributed by atoms with Gasteiger partial charge in [-0.05, 0) is 43.3 Å². The lowest BCUT2D eigenvalue weighted by molar-refractivity contribution is 0.0692. The molecule has 2 aromatic rings. The molecule has 0 aliphatic heterocycles. The monoisotopic (exact) mass is 330 g/mol. The van der Waals surface area contributed by atoms with Crippen molar-refractivity contribution in [3.63, 3.8) is 0 Å². The Labute approximate surface area is 140 Å². The maximum Gasteiger partial charge on any atom is 0.255 e. The molecular weight excluding hydrogens is 308 g/mol. The first-order valence-corrected chi connectivity index (χ1v) is 8.94.